The van der Waals surface area contributed by atoms with E-state index in [-0.39, 0.29) is 21.4 Å². The van der Waals surface area contributed by atoms with E-state index in [1.54, 1.807) is 24.3 Å². The Kier molecular flexibility index (Phi) is 5.27. The molecule has 0 aromatic heterocycles. The van der Waals surface area contributed by atoms with Crippen molar-refractivity contribution in [2.24, 2.45) is 0 Å². The minimum atomic E-state index is -5.24. The van der Waals surface area contributed by atoms with E-state index in [9.17, 15) is 36.2 Å². The molecule has 0 fully saturated rings. The molecule has 3 aromatic rings. The first-order chi connectivity index (χ1) is 15.2. The van der Waals surface area contributed by atoms with Gasteiger partial charge in [0.2, 0.25) is 10.0 Å². The molecule has 1 aliphatic carbocycles. The zero-order valence-electron chi connectivity index (χ0n) is 17.6. The maximum Gasteiger partial charge on any atom is 0.419 e. The summed E-state index contributed by atoms with van der Waals surface area (Å²) in [5.41, 5.74) is -5.59. The highest BCUT2D eigenvalue weighted by atomic mass is 32.2. The zero-order valence-corrected chi connectivity index (χ0v) is 18.4. The van der Waals surface area contributed by atoms with E-state index in [0.29, 0.717) is 5.39 Å². The fraction of sp³-hybridized carbons (Fsp3) is 0.304. The van der Waals surface area contributed by atoms with Crippen LogP contribution in [0.2, 0.25) is 0 Å². The van der Waals surface area contributed by atoms with Gasteiger partial charge >= 0.3 is 6.18 Å². The highest BCUT2D eigenvalue weighted by Gasteiger charge is 2.65. The lowest BCUT2D eigenvalue weighted by Gasteiger charge is -2.48. The highest BCUT2D eigenvalue weighted by molar-refractivity contribution is 7.89. The number of fused-ring (bicyclic) bond motifs is 2. The number of rotatable bonds is 3. The van der Waals surface area contributed by atoms with Gasteiger partial charge in [-0.2, -0.15) is 13.2 Å². The van der Waals surface area contributed by atoms with Crippen LogP contribution < -0.4 is 4.72 Å². The van der Waals surface area contributed by atoms with Crippen molar-refractivity contribution in [3.05, 3.63) is 71.5 Å². The molecule has 3 N–H and O–H groups in total. The average molecular weight is 483 g/mol. The van der Waals surface area contributed by atoms with Crippen LogP contribution in [0.25, 0.3) is 10.8 Å². The summed E-state index contributed by atoms with van der Waals surface area (Å²) in [7, 11) is -4.61. The second kappa shape index (κ2) is 7.41. The van der Waals surface area contributed by atoms with Crippen LogP contribution in [0.4, 0.5) is 17.6 Å². The molecule has 176 valence electrons. The molecule has 0 aliphatic heterocycles. The Morgan fingerprint density at radius 2 is 1.67 bits per heavy atom. The molecule has 0 spiro atoms. The van der Waals surface area contributed by atoms with E-state index in [4.69, 9.17) is 0 Å². The number of phenolic OH excluding ortho intramolecular Hbond substituents is 1. The van der Waals surface area contributed by atoms with Crippen molar-refractivity contribution in [2.75, 3.05) is 0 Å². The van der Waals surface area contributed by atoms with Gasteiger partial charge in [0.25, 0.3) is 0 Å². The molecule has 0 amide bonds. The van der Waals surface area contributed by atoms with E-state index in [1.807, 2.05) is 4.72 Å². The standard InChI is InChI=1S/C23H21F4NO4S/c1-21(2)12-22(30,23(25,26)27)20(15-10-11-16(24)19(29)18(15)21)28-33(31,32)17-9-5-7-13-6-3-4-8-14(13)17/h3-11,20,28-30H,12H2,1-2H3/t20-,22+/m1/s1. The van der Waals surface area contributed by atoms with Gasteiger partial charge in [-0.1, -0.05) is 56.3 Å². The first-order valence-electron chi connectivity index (χ1n) is 10.00. The lowest BCUT2D eigenvalue weighted by atomic mass is 9.63. The first-order valence-corrected chi connectivity index (χ1v) is 11.5. The van der Waals surface area contributed by atoms with Gasteiger partial charge in [-0.3, -0.25) is 0 Å². The monoisotopic (exact) mass is 483 g/mol. The van der Waals surface area contributed by atoms with Crippen molar-refractivity contribution in [2.45, 2.75) is 48.4 Å². The van der Waals surface area contributed by atoms with Gasteiger partial charge in [0, 0.05) is 10.9 Å². The normalized spacial score (nSPS) is 22.8. The predicted octanol–water partition coefficient (Wildman–Crippen LogP) is 4.68. The number of halogens is 4. The van der Waals surface area contributed by atoms with E-state index < -0.39 is 51.2 Å². The summed E-state index contributed by atoms with van der Waals surface area (Å²) in [6.07, 6.45) is -6.24. The third-order valence-electron chi connectivity index (χ3n) is 6.14. The Bertz CT molecular complexity index is 1350. The minimum Gasteiger partial charge on any atom is -0.505 e. The lowest BCUT2D eigenvalue weighted by Crippen LogP contribution is -2.60. The van der Waals surface area contributed by atoms with Crippen LogP contribution in [0.1, 0.15) is 37.4 Å². The number of nitrogens with one attached hydrogen (secondary N) is 1. The first kappa shape index (κ1) is 23.5. The van der Waals surface area contributed by atoms with E-state index in [0.717, 1.165) is 12.1 Å². The predicted molar refractivity (Wildman–Crippen MR) is 114 cm³/mol. The Hall–Kier alpha value is -2.69. The molecule has 0 heterocycles. The van der Waals surface area contributed by atoms with Crippen LogP contribution in [0.15, 0.2) is 59.5 Å². The largest absolute Gasteiger partial charge is 0.505 e. The zero-order chi connectivity index (χ0) is 24.4. The van der Waals surface area contributed by atoms with Gasteiger partial charge in [-0.25, -0.2) is 17.5 Å². The fourth-order valence-electron chi connectivity index (χ4n) is 4.73. The van der Waals surface area contributed by atoms with Crippen LogP contribution in [0.3, 0.4) is 0 Å². The smallest absolute Gasteiger partial charge is 0.419 e. The average Bonchev–Trinajstić information content (AvgIpc) is 2.71. The van der Waals surface area contributed by atoms with Crippen LogP contribution in [-0.4, -0.2) is 30.4 Å². The molecule has 0 radical (unpaired) electrons. The molecule has 0 saturated heterocycles. The lowest BCUT2D eigenvalue weighted by molar-refractivity contribution is -0.279. The topological polar surface area (TPSA) is 86.6 Å². The maximum absolute atomic E-state index is 14.2. The second-order valence-corrected chi connectivity index (χ2v) is 10.6. The van der Waals surface area contributed by atoms with Crippen LogP contribution in [0.5, 0.6) is 5.75 Å². The number of alkyl halides is 3. The molecule has 0 bridgehead atoms. The number of phenols is 1. The van der Waals surface area contributed by atoms with Crippen molar-refractivity contribution in [1.82, 2.24) is 4.72 Å². The summed E-state index contributed by atoms with van der Waals surface area (Å²) >= 11 is 0. The van der Waals surface area contributed by atoms with Gasteiger partial charge in [-0.15, -0.1) is 0 Å². The molecule has 0 saturated carbocycles. The Labute approximate surface area is 187 Å². The van der Waals surface area contributed by atoms with Crippen molar-refractivity contribution in [3.8, 4) is 5.75 Å². The maximum atomic E-state index is 14.2. The SMILES string of the molecule is CC1(C)C[C@@](O)(C(F)(F)F)[C@H](NS(=O)(=O)c2cccc3ccccc23)c2ccc(F)c(O)c21. The van der Waals surface area contributed by atoms with Crippen LogP contribution >= 0.6 is 0 Å². The van der Waals surface area contributed by atoms with Crippen molar-refractivity contribution >= 4 is 20.8 Å². The summed E-state index contributed by atoms with van der Waals surface area (Å²) in [5, 5.41) is 22.0. The van der Waals surface area contributed by atoms with Crippen molar-refractivity contribution in [3.63, 3.8) is 0 Å². The van der Waals surface area contributed by atoms with Crippen LogP contribution in [-0.2, 0) is 15.4 Å². The number of hydrogen-bond acceptors (Lipinski definition) is 4. The summed E-state index contributed by atoms with van der Waals surface area (Å²) in [6.45, 7) is 2.63. The van der Waals surface area contributed by atoms with E-state index in [1.165, 1.54) is 32.0 Å². The minimum absolute atomic E-state index is 0.193. The van der Waals surface area contributed by atoms with Gasteiger partial charge in [0.05, 0.1) is 10.9 Å². The number of benzene rings is 3. The number of sulfonamides is 1. The number of aromatic hydroxyl groups is 1. The third kappa shape index (κ3) is 3.66. The van der Waals surface area contributed by atoms with Gasteiger partial charge in [0.1, 0.15) is 0 Å². The molecule has 1 aliphatic rings. The number of aliphatic hydroxyl groups is 1. The second-order valence-electron chi connectivity index (χ2n) is 8.87. The van der Waals surface area contributed by atoms with Crippen LogP contribution in [0, 0.1) is 5.82 Å². The number of hydrogen-bond donors (Lipinski definition) is 3. The summed E-state index contributed by atoms with van der Waals surface area (Å²) in [5.74, 6) is -1.94. The Balaban J connectivity index is 1.95. The molecule has 0 unspecified atom stereocenters. The Morgan fingerprint density at radius 3 is 2.33 bits per heavy atom. The van der Waals surface area contributed by atoms with Gasteiger partial charge in [-0.05, 0) is 34.9 Å². The van der Waals surface area contributed by atoms with Gasteiger partial charge in [0.15, 0.2) is 17.2 Å². The molecule has 4 rings (SSSR count). The highest BCUT2D eigenvalue weighted by Crippen LogP contribution is 2.56. The fourth-order valence-corrected chi connectivity index (χ4v) is 6.22. The molecular formula is C23H21F4NO4S. The summed E-state index contributed by atoms with van der Waals surface area (Å²) in [4.78, 5) is -0.275. The van der Waals surface area contributed by atoms with Crippen molar-refractivity contribution < 1.29 is 36.2 Å². The summed E-state index contributed by atoms with van der Waals surface area (Å²) in [6, 6.07) is 10.3. The Morgan fingerprint density at radius 1 is 1.03 bits per heavy atom. The third-order valence-corrected chi connectivity index (χ3v) is 7.62. The van der Waals surface area contributed by atoms with E-state index >= 15 is 0 Å². The molecule has 3 aromatic carbocycles. The molecular weight excluding hydrogens is 462 g/mol. The van der Waals surface area contributed by atoms with Crippen molar-refractivity contribution in [1.29, 1.82) is 0 Å². The summed E-state index contributed by atoms with van der Waals surface area (Å²) < 4.78 is 85.4. The quantitative estimate of drug-likeness (QED) is 0.473. The van der Waals surface area contributed by atoms with E-state index in [2.05, 4.69) is 0 Å². The molecule has 33 heavy (non-hydrogen) atoms. The van der Waals surface area contributed by atoms with Gasteiger partial charge < -0.3 is 10.2 Å². The molecule has 5 nitrogen and oxygen atoms in total. The molecule has 2 atom stereocenters. The molecule has 10 heteroatoms.